The van der Waals surface area contributed by atoms with E-state index in [4.69, 9.17) is 23.7 Å². The molecule has 37 heavy (non-hydrogen) atoms. The van der Waals surface area contributed by atoms with Crippen LogP contribution in [0.25, 0.3) is 0 Å². The summed E-state index contributed by atoms with van der Waals surface area (Å²) in [4.78, 5) is 0. The third kappa shape index (κ3) is 10.2. The van der Waals surface area contributed by atoms with Crippen LogP contribution in [-0.2, 0) is 23.7 Å². The topological polar surface area (TPSA) is 188 Å². The van der Waals surface area contributed by atoms with E-state index in [9.17, 15) is 35.7 Å². The Balaban J connectivity index is 1.68. The van der Waals surface area contributed by atoms with E-state index in [-0.39, 0.29) is 6.61 Å². The summed E-state index contributed by atoms with van der Waals surface area (Å²) in [5.41, 5.74) is 0. The third-order valence-corrected chi connectivity index (χ3v) is 6.82. The molecule has 12 nitrogen and oxygen atoms in total. The maximum atomic E-state index is 10.6. The lowest BCUT2D eigenvalue weighted by Gasteiger charge is -2.45. The molecule has 7 N–H and O–H groups in total. The zero-order valence-electron chi connectivity index (χ0n) is 21.8. The van der Waals surface area contributed by atoms with Crippen molar-refractivity contribution < 1.29 is 59.4 Å². The minimum absolute atomic E-state index is 0.197. The van der Waals surface area contributed by atoms with Gasteiger partial charge < -0.3 is 59.4 Å². The highest BCUT2D eigenvalue weighted by molar-refractivity contribution is 4.94. The maximum Gasteiger partial charge on any atom is 0.187 e. The fraction of sp³-hybridized carbons (Fsp3) is 1.00. The second-order valence-electron chi connectivity index (χ2n) is 9.82. The van der Waals surface area contributed by atoms with Crippen molar-refractivity contribution in [3.05, 3.63) is 0 Å². The Labute approximate surface area is 219 Å². The fourth-order valence-electron chi connectivity index (χ4n) is 4.49. The summed E-state index contributed by atoms with van der Waals surface area (Å²) in [5, 5.41) is 70.2. The lowest BCUT2D eigenvalue weighted by Crippen LogP contribution is -2.64. The van der Waals surface area contributed by atoms with Crippen LogP contribution in [0, 0.1) is 0 Å². The molecule has 0 aromatic heterocycles. The Bertz CT molecular complexity index is 580. The van der Waals surface area contributed by atoms with Gasteiger partial charge in [-0.3, -0.25) is 0 Å². The van der Waals surface area contributed by atoms with E-state index in [1.54, 1.807) is 0 Å². The molecule has 0 spiro atoms. The molecule has 2 aliphatic rings. The van der Waals surface area contributed by atoms with Crippen LogP contribution in [0.5, 0.6) is 0 Å². The minimum Gasteiger partial charge on any atom is -0.394 e. The molecule has 12 heteroatoms. The number of aliphatic hydroxyl groups is 7. The van der Waals surface area contributed by atoms with Crippen LogP contribution in [0.15, 0.2) is 0 Å². The van der Waals surface area contributed by atoms with E-state index in [0.717, 1.165) is 12.8 Å². The average molecular weight is 541 g/mol. The molecule has 0 aliphatic carbocycles. The molecule has 220 valence electrons. The highest BCUT2D eigenvalue weighted by Gasteiger charge is 2.50. The van der Waals surface area contributed by atoms with E-state index in [1.165, 1.54) is 38.5 Å². The summed E-state index contributed by atoms with van der Waals surface area (Å²) in [5.74, 6) is 0. The van der Waals surface area contributed by atoms with Gasteiger partial charge in [0.25, 0.3) is 0 Å². The smallest absolute Gasteiger partial charge is 0.187 e. The summed E-state index contributed by atoms with van der Waals surface area (Å²) in [6, 6.07) is 0. The largest absolute Gasteiger partial charge is 0.394 e. The average Bonchev–Trinajstić information content (AvgIpc) is 2.90. The summed E-state index contributed by atoms with van der Waals surface area (Å²) in [7, 11) is 0. The van der Waals surface area contributed by atoms with E-state index in [2.05, 4.69) is 6.92 Å². The first kappa shape index (κ1) is 32.7. The molecule has 2 aliphatic heterocycles. The van der Waals surface area contributed by atoms with E-state index < -0.39 is 74.6 Å². The Hall–Kier alpha value is -0.480. The highest BCUT2D eigenvalue weighted by atomic mass is 16.7. The van der Waals surface area contributed by atoms with Gasteiger partial charge in [-0.1, -0.05) is 51.9 Å². The summed E-state index contributed by atoms with van der Waals surface area (Å²) in [6.45, 7) is 2.31. The van der Waals surface area contributed by atoms with Crippen molar-refractivity contribution in [3.8, 4) is 0 Å². The van der Waals surface area contributed by atoms with Crippen molar-refractivity contribution in [2.45, 2.75) is 126 Å². The van der Waals surface area contributed by atoms with Crippen molar-refractivity contribution in [1.29, 1.82) is 0 Å². The molecule has 0 aromatic carbocycles. The molecule has 2 rings (SSSR count). The normalized spacial score (nSPS) is 36.6. The SMILES string of the molecule is CCCCCCCCCCOCCCOC1OC(CO)[C@H](OC2OC(CO)[C@H](O)[C@@H](O)[C@H]2O)[C@@H](O)[C@H]1O. The van der Waals surface area contributed by atoms with Gasteiger partial charge in [-0.15, -0.1) is 0 Å². The van der Waals surface area contributed by atoms with Crippen LogP contribution >= 0.6 is 0 Å². The van der Waals surface area contributed by atoms with Crippen LogP contribution in [0.4, 0.5) is 0 Å². The molecule has 0 bridgehead atoms. The van der Waals surface area contributed by atoms with Crippen LogP contribution < -0.4 is 0 Å². The number of hydrogen-bond donors (Lipinski definition) is 7. The zero-order chi connectivity index (χ0) is 27.2. The molecule has 0 amide bonds. The minimum atomic E-state index is -1.71. The highest BCUT2D eigenvalue weighted by Crippen LogP contribution is 2.29. The Morgan fingerprint density at radius 3 is 1.78 bits per heavy atom. The second kappa shape index (κ2) is 18.0. The summed E-state index contributed by atoms with van der Waals surface area (Å²) in [6.07, 6.45) is -4.18. The lowest BCUT2D eigenvalue weighted by atomic mass is 9.97. The summed E-state index contributed by atoms with van der Waals surface area (Å²) < 4.78 is 27.5. The number of hydrogen-bond acceptors (Lipinski definition) is 12. The third-order valence-electron chi connectivity index (χ3n) is 6.82. The van der Waals surface area contributed by atoms with Crippen LogP contribution in [0.3, 0.4) is 0 Å². The molecule has 2 saturated heterocycles. The molecular formula is C25H48O12. The molecule has 0 radical (unpaired) electrons. The van der Waals surface area contributed by atoms with Gasteiger partial charge in [-0.25, -0.2) is 0 Å². The van der Waals surface area contributed by atoms with Crippen molar-refractivity contribution in [2.75, 3.05) is 33.0 Å². The van der Waals surface area contributed by atoms with Gasteiger partial charge >= 0.3 is 0 Å². The van der Waals surface area contributed by atoms with Crippen molar-refractivity contribution >= 4 is 0 Å². The van der Waals surface area contributed by atoms with Gasteiger partial charge in [-0.05, 0) is 12.8 Å². The van der Waals surface area contributed by atoms with E-state index in [1.807, 2.05) is 0 Å². The Morgan fingerprint density at radius 2 is 1.14 bits per heavy atom. The van der Waals surface area contributed by atoms with E-state index >= 15 is 0 Å². The Kier molecular flexibility index (Phi) is 15.9. The van der Waals surface area contributed by atoms with Crippen molar-refractivity contribution in [2.24, 2.45) is 0 Å². The number of ether oxygens (including phenoxy) is 5. The van der Waals surface area contributed by atoms with Gasteiger partial charge in [0.05, 0.1) is 19.8 Å². The van der Waals surface area contributed by atoms with Crippen LogP contribution in [0.1, 0.15) is 64.7 Å². The van der Waals surface area contributed by atoms with Gasteiger partial charge in [-0.2, -0.15) is 0 Å². The lowest BCUT2D eigenvalue weighted by molar-refractivity contribution is -0.359. The Morgan fingerprint density at radius 1 is 0.568 bits per heavy atom. The van der Waals surface area contributed by atoms with Crippen LogP contribution in [-0.4, -0.2) is 130 Å². The number of unbranched alkanes of at least 4 members (excludes halogenated alkanes) is 7. The second-order valence-corrected chi connectivity index (χ2v) is 9.82. The molecule has 0 saturated carbocycles. The first-order chi connectivity index (χ1) is 17.8. The monoisotopic (exact) mass is 540 g/mol. The first-order valence-corrected chi connectivity index (χ1v) is 13.6. The zero-order valence-corrected chi connectivity index (χ0v) is 21.8. The fourth-order valence-corrected chi connectivity index (χ4v) is 4.49. The molecule has 0 aromatic rings. The first-order valence-electron chi connectivity index (χ1n) is 13.6. The van der Waals surface area contributed by atoms with Crippen molar-refractivity contribution in [3.63, 3.8) is 0 Å². The molecule has 2 heterocycles. The van der Waals surface area contributed by atoms with Gasteiger partial charge in [0.2, 0.25) is 0 Å². The molecule has 10 atom stereocenters. The molecular weight excluding hydrogens is 492 g/mol. The molecule has 2 fully saturated rings. The van der Waals surface area contributed by atoms with Crippen LogP contribution in [0.2, 0.25) is 0 Å². The summed E-state index contributed by atoms with van der Waals surface area (Å²) >= 11 is 0. The standard InChI is InChI=1S/C25H48O12/c1-2-3-4-5-6-7-8-9-11-33-12-10-13-34-24-22(32)20(30)23(17(15-27)36-24)37-25-21(31)19(29)18(28)16(14-26)35-25/h16-32H,2-15H2,1H3/t16?,17?,18-,19+,20-,21+,22+,23-,24?,25?/m0/s1. The van der Waals surface area contributed by atoms with E-state index in [0.29, 0.717) is 19.6 Å². The maximum absolute atomic E-state index is 10.6. The van der Waals surface area contributed by atoms with Crippen molar-refractivity contribution in [1.82, 2.24) is 0 Å². The number of aliphatic hydroxyl groups excluding tert-OH is 7. The predicted octanol–water partition coefficient (Wildman–Crippen LogP) is -0.825. The van der Waals surface area contributed by atoms with Gasteiger partial charge in [0.1, 0.15) is 48.8 Å². The van der Waals surface area contributed by atoms with Gasteiger partial charge in [0.15, 0.2) is 12.6 Å². The predicted molar refractivity (Wildman–Crippen MR) is 130 cm³/mol. The molecule has 4 unspecified atom stereocenters. The van der Waals surface area contributed by atoms with Gasteiger partial charge in [0, 0.05) is 13.2 Å². The number of rotatable bonds is 18. The quantitative estimate of drug-likeness (QED) is 0.107.